The Balaban J connectivity index is 1.31. The van der Waals surface area contributed by atoms with E-state index >= 15 is 0 Å². The molecule has 6 heterocycles. The molecule has 0 bridgehead atoms. The number of pyridine rings is 1. The van der Waals surface area contributed by atoms with Gasteiger partial charge in [0.2, 0.25) is 0 Å². The van der Waals surface area contributed by atoms with Gasteiger partial charge in [-0.15, -0.1) is 0 Å². The molecule has 0 amide bonds. The Kier molecular flexibility index (Phi) is 3.92. The molecule has 0 unspecified atom stereocenters. The monoisotopic (exact) mass is 418 g/mol. The number of hydrogen-bond donors (Lipinski definition) is 1. The van der Waals surface area contributed by atoms with Gasteiger partial charge in [0.1, 0.15) is 11.3 Å². The molecule has 158 valence electrons. The SMILES string of the molecule is Cc1nccc(-c2ncc3c(N4CCC5(CC4)Cn4nccc4[C@H]5N)nccn23)c1F. The van der Waals surface area contributed by atoms with Crippen molar-refractivity contribution in [1.29, 1.82) is 0 Å². The van der Waals surface area contributed by atoms with E-state index in [0.29, 0.717) is 17.1 Å². The Morgan fingerprint density at radius 3 is 2.74 bits per heavy atom. The molecule has 4 aromatic rings. The highest BCUT2D eigenvalue weighted by atomic mass is 19.1. The average Bonchev–Trinajstić information content (AvgIpc) is 3.47. The molecule has 0 radical (unpaired) electrons. The third kappa shape index (κ3) is 2.62. The summed E-state index contributed by atoms with van der Waals surface area (Å²) >= 11 is 0. The second-order valence-electron chi connectivity index (χ2n) is 8.59. The van der Waals surface area contributed by atoms with Crippen LogP contribution in [0.1, 0.15) is 30.3 Å². The summed E-state index contributed by atoms with van der Waals surface area (Å²) < 4.78 is 18.6. The molecule has 0 saturated carbocycles. The smallest absolute Gasteiger partial charge is 0.155 e. The minimum Gasteiger partial charge on any atom is -0.355 e. The number of hydrogen-bond acceptors (Lipinski definition) is 6. The lowest BCUT2D eigenvalue weighted by atomic mass is 9.73. The molecule has 4 aromatic heterocycles. The minimum atomic E-state index is -0.346. The van der Waals surface area contributed by atoms with Gasteiger partial charge in [0.05, 0.1) is 29.2 Å². The summed E-state index contributed by atoms with van der Waals surface area (Å²) in [7, 11) is 0. The molecule has 1 atom stereocenters. The number of anilines is 1. The average molecular weight is 418 g/mol. The summed E-state index contributed by atoms with van der Waals surface area (Å²) in [5.41, 5.74) is 9.46. The zero-order valence-corrected chi connectivity index (χ0v) is 17.2. The molecule has 31 heavy (non-hydrogen) atoms. The number of nitrogens with two attached hydrogens (primary N) is 1. The predicted octanol–water partition coefficient (Wildman–Crippen LogP) is 2.74. The third-order valence-electron chi connectivity index (χ3n) is 6.99. The number of piperidine rings is 1. The highest BCUT2D eigenvalue weighted by Crippen LogP contribution is 2.48. The number of imidazole rings is 1. The van der Waals surface area contributed by atoms with Crippen molar-refractivity contribution in [1.82, 2.24) is 29.1 Å². The predicted molar refractivity (Wildman–Crippen MR) is 114 cm³/mol. The Hall–Kier alpha value is -3.33. The maximum absolute atomic E-state index is 14.7. The number of aryl methyl sites for hydroxylation is 1. The van der Waals surface area contributed by atoms with Crippen molar-refractivity contribution in [3.8, 4) is 11.4 Å². The normalized spacial score (nSPS) is 20.0. The van der Waals surface area contributed by atoms with Crippen LogP contribution < -0.4 is 10.6 Å². The summed E-state index contributed by atoms with van der Waals surface area (Å²) in [6.45, 7) is 4.24. The molecular weight excluding hydrogens is 395 g/mol. The number of fused-ring (bicyclic) bond motifs is 2. The van der Waals surface area contributed by atoms with Gasteiger partial charge in [-0.25, -0.2) is 14.4 Å². The van der Waals surface area contributed by atoms with E-state index in [-0.39, 0.29) is 17.3 Å². The first-order valence-electron chi connectivity index (χ1n) is 10.5. The summed E-state index contributed by atoms with van der Waals surface area (Å²) in [6, 6.07) is 3.70. The van der Waals surface area contributed by atoms with E-state index in [1.807, 2.05) is 27.5 Å². The van der Waals surface area contributed by atoms with Crippen molar-refractivity contribution in [2.24, 2.45) is 11.1 Å². The van der Waals surface area contributed by atoms with Gasteiger partial charge < -0.3 is 10.6 Å². The van der Waals surface area contributed by atoms with E-state index in [4.69, 9.17) is 5.73 Å². The fourth-order valence-corrected chi connectivity index (χ4v) is 5.16. The molecule has 2 N–H and O–H groups in total. The van der Waals surface area contributed by atoms with E-state index in [9.17, 15) is 4.39 Å². The van der Waals surface area contributed by atoms with Crippen LogP contribution in [-0.2, 0) is 6.54 Å². The van der Waals surface area contributed by atoms with Crippen LogP contribution in [0.4, 0.5) is 10.2 Å². The first-order chi connectivity index (χ1) is 15.1. The van der Waals surface area contributed by atoms with E-state index < -0.39 is 0 Å². The highest BCUT2D eigenvalue weighted by molar-refractivity contribution is 5.73. The van der Waals surface area contributed by atoms with Crippen molar-refractivity contribution >= 4 is 11.3 Å². The molecular formula is C22H23FN8. The molecule has 8 nitrogen and oxygen atoms in total. The maximum Gasteiger partial charge on any atom is 0.155 e. The molecule has 2 aliphatic rings. The van der Waals surface area contributed by atoms with E-state index in [1.165, 1.54) is 0 Å². The van der Waals surface area contributed by atoms with Gasteiger partial charge in [0.25, 0.3) is 0 Å². The zero-order valence-electron chi connectivity index (χ0n) is 17.2. The van der Waals surface area contributed by atoms with Crippen LogP contribution in [0.5, 0.6) is 0 Å². The van der Waals surface area contributed by atoms with Gasteiger partial charge >= 0.3 is 0 Å². The molecule has 0 aliphatic carbocycles. The van der Waals surface area contributed by atoms with Crippen molar-refractivity contribution in [3.05, 3.63) is 60.3 Å². The fourth-order valence-electron chi connectivity index (χ4n) is 5.16. The topological polar surface area (TPSA) is 90.2 Å². The Morgan fingerprint density at radius 1 is 1.10 bits per heavy atom. The summed E-state index contributed by atoms with van der Waals surface area (Å²) in [6.07, 6.45) is 10.7. The van der Waals surface area contributed by atoms with Crippen LogP contribution in [0.15, 0.2) is 43.1 Å². The lowest BCUT2D eigenvalue weighted by molar-refractivity contribution is 0.170. The van der Waals surface area contributed by atoms with Crippen molar-refractivity contribution in [2.75, 3.05) is 18.0 Å². The summed E-state index contributed by atoms with van der Waals surface area (Å²) in [5.74, 6) is 1.07. The summed E-state index contributed by atoms with van der Waals surface area (Å²) in [4.78, 5) is 15.5. The largest absolute Gasteiger partial charge is 0.355 e. The first kappa shape index (κ1) is 18.4. The Labute approximate surface area is 178 Å². The van der Waals surface area contributed by atoms with E-state index in [2.05, 4.69) is 25.0 Å². The Morgan fingerprint density at radius 2 is 1.94 bits per heavy atom. The molecule has 2 aliphatic heterocycles. The molecule has 0 aromatic carbocycles. The van der Waals surface area contributed by atoms with E-state index in [1.54, 1.807) is 31.6 Å². The molecule has 1 saturated heterocycles. The third-order valence-corrected chi connectivity index (χ3v) is 6.99. The van der Waals surface area contributed by atoms with Crippen molar-refractivity contribution < 1.29 is 4.39 Å². The lowest BCUT2D eigenvalue weighted by Gasteiger charge is -2.41. The van der Waals surface area contributed by atoms with Crippen molar-refractivity contribution in [2.45, 2.75) is 32.4 Å². The molecule has 1 spiro atoms. The van der Waals surface area contributed by atoms with Gasteiger partial charge in [0.15, 0.2) is 11.6 Å². The number of aromatic nitrogens is 6. The lowest BCUT2D eigenvalue weighted by Crippen LogP contribution is -2.45. The van der Waals surface area contributed by atoms with Crippen LogP contribution in [0.3, 0.4) is 0 Å². The van der Waals surface area contributed by atoms with Crippen molar-refractivity contribution in [3.63, 3.8) is 0 Å². The number of rotatable bonds is 2. The van der Waals surface area contributed by atoms with Crippen LogP contribution in [0, 0.1) is 18.2 Å². The quantitative estimate of drug-likeness (QED) is 0.538. The van der Waals surface area contributed by atoms with Gasteiger partial charge in [-0.3, -0.25) is 14.1 Å². The number of nitrogens with zero attached hydrogens (tertiary/aromatic N) is 7. The van der Waals surface area contributed by atoms with E-state index in [0.717, 1.165) is 49.5 Å². The standard InChI is InChI=1S/C22H23FN8/c1-14-18(23)15(2-6-25-14)20-27-12-17-21(26-8-11-30(17)20)29-9-4-22(5-10-29)13-31-16(19(22)24)3-7-28-31/h2-3,6-8,11-12,19H,4-5,9-10,13,24H2,1H3/t19-/m1/s1. The van der Waals surface area contributed by atoms with Crippen LogP contribution in [-0.4, -0.2) is 42.2 Å². The molecule has 6 rings (SSSR count). The van der Waals surface area contributed by atoms with Gasteiger partial charge in [-0.05, 0) is 31.9 Å². The second-order valence-corrected chi connectivity index (χ2v) is 8.59. The van der Waals surface area contributed by atoms with Crippen LogP contribution in [0.2, 0.25) is 0 Å². The Bertz CT molecular complexity index is 1280. The first-order valence-corrected chi connectivity index (χ1v) is 10.5. The number of halogens is 1. The second kappa shape index (κ2) is 6.58. The van der Waals surface area contributed by atoms with Crippen LogP contribution in [0.25, 0.3) is 16.9 Å². The van der Waals surface area contributed by atoms with Crippen LogP contribution >= 0.6 is 0 Å². The fraction of sp³-hybridized carbons (Fsp3) is 0.364. The van der Waals surface area contributed by atoms with Gasteiger partial charge in [0, 0.05) is 49.8 Å². The summed E-state index contributed by atoms with van der Waals surface area (Å²) in [5, 5.41) is 4.42. The zero-order chi connectivity index (χ0) is 21.2. The highest BCUT2D eigenvalue weighted by Gasteiger charge is 2.47. The van der Waals surface area contributed by atoms with Gasteiger partial charge in [-0.2, -0.15) is 5.10 Å². The molecule has 1 fully saturated rings. The van der Waals surface area contributed by atoms with Gasteiger partial charge in [-0.1, -0.05) is 0 Å². The minimum absolute atomic E-state index is 0.0142. The maximum atomic E-state index is 14.7. The molecule has 9 heteroatoms.